The minimum Gasteiger partial charge on any atom is -0.443 e. The van der Waals surface area contributed by atoms with Gasteiger partial charge in [-0.25, -0.2) is 18.0 Å². The molecule has 4 rings (SSSR count). The van der Waals surface area contributed by atoms with Crippen molar-refractivity contribution >= 4 is 33.6 Å². The van der Waals surface area contributed by atoms with Crippen LogP contribution in [0.3, 0.4) is 0 Å². The van der Waals surface area contributed by atoms with Gasteiger partial charge in [0, 0.05) is 50.2 Å². The lowest BCUT2D eigenvalue weighted by Gasteiger charge is -2.37. The molecule has 3 amide bonds. The summed E-state index contributed by atoms with van der Waals surface area (Å²) in [7, 11) is -3.22. The van der Waals surface area contributed by atoms with E-state index in [2.05, 4.69) is 9.80 Å². The number of rotatable bonds is 6. The molecule has 12 heteroatoms. The second-order valence-corrected chi connectivity index (χ2v) is 15.5. The first-order valence-electron chi connectivity index (χ1n) is 15.2. The van der Waals surface area contributed by atoms with Gasteiger partial charge in [0.15, 0.2) is 9.84 Å². The van der Waals surface area contributed by atoms with Crippen molar-refractivity contribution in [2.75, 3.05) is 50.5 Å². The van der Waals surface area contributed by atoms with E-state index in [-0.39, 0.29) is 11.7 Å². The molecular formula is C33H45N3O8S. The first-order chi connectivity index (χ1) is 20.9. The lowest BCUT2D eigenvalue weighted by molar-refractivity contribution is 0.00388. The van der Waals surface area contributed by atoms with Crippen molar-refractivity contribution in [3.05, 3.63) is 59.2 Å². The van der Waals surface area contributed by atoms with Gasteiger partial charge >= 0.3 is 12.2 Å². The van der Waals surface area contributed by atoms with Gasteiger partial charge in [-0.1, -0.05) is 6.07 Å². The quantitative estimate of drug-likeness (QED) is 0.414. The molecule has 1 atom stereocenters. The number of sulfone groups is 1. The maximum atomic E-state index is 13.5. The highest BCUT2D eigenvalue weighted by Gasteiger charge is 2.37. The van der Waals surface area contributed by atoms with E-state index in [9.17, 15) is 22.8 Å². The Kier molecular flexibility index (Phi) is 10.3. The summed E-state index contributed by atoms with van der Waals surface area (Å²) in [6.07, 6.45) is 0.250. The summed E-state index contributed by atoms with van der Waals surface area (Å²) in [5.41, 5.74) is 1.28. The van der Waals surface area contributed by atoms with Gasteiger partial charge in [-0.2, -0.15) is 0 Å². The molecule has 45 heavy (non-hydrogen) atoms. The van der Waals surface area contributed by atoms with Gasteiger partial charge < -0.3 is 19.1 Å². The van der Waals surface area contributed by atoms with Crippen LogP contribution in [-0.4, -0.2) is 93.1 Å². The molecule has 2 aliphatic rings. The summed E-state index contributed by atoms with van der Waals surface area (Å²) >= 11 is 0. The maximum Gasteiger partial charge on any atom is 0.427 e. The van der Waals surface area contributed by atoms with E-state index in [4.69, 9.17) is 14.2 Å². The normalized spacial score (nSPS) is 17.8. The van der Waals surface area contributed by atoms with E-state index in [1.54, 1.807) is 65.8 Å². The largest absolute Gasteiger partial charge is 0.443 e. The summed E-state index contributed by atoms with van der Waals surface area (Å²) in [6.45, 7) is 14.7. The zero-order chi connectivity index (χ0) is 33.2. The van der Waals surface area contributed by atoms with Gasteiger partial charge in [-0.05, 0) is 102 Å². The van der Waals surface area contributed by atoms with Crippen LogP contribution in [-0.2, 0) is 30.5 Å². The summed E-state index contributed by atoms with van der Waals surface area (Å²) in [4.78, 5) is 44.8. The molecule has 11 nitrogen and oxygen atoms in total. The number of imide groups is 3. The first kappa shape index (κ1) is 34.4. The predicted octanol–water partition coefficient (Wildman–Crippen LogP) is 5.23. The smallest absolute Gasteiger partial charge is 0.427 e. The molecule has 0 saturated carbocycles. The van der Waals surface area contributed by atoms with Gasteiger partial charge in [0.25, 0.3) is 5.91 Å². The van der Waals surface area contributed by atoms with Crippen molar-refractivity contribution < 1.29 is 37.0 Å². The highest BCUT2D eigenvalue weighted by molar-refractivity contribution is 7.90. The average molecular weight is 644 g/mol. The van der Waals surface area contributed by atoms with Crippen molar-refractivity contribution in [1.82, 2.24) is 9.80 Å². The lowest BCUT2D eigenvalue weighted by Crippen LogP contribution is -2.47. The zero-order valence-corrected chi connectivity index (χ0v) is 28.1. The average Bonchev–Trinajstić information content (AvgIpc) is 2.93. The van der Waals surface area contributed by atoms with Crippen LogP contribution in [0.2, 0.25) is 0 Å². The van der Waals surface area contributed by atoms with Gasteiger partial charge in [0.05, 0.1) is 17.6 Å². The van der Waals surface area contributed by atoms with E-state index >= 15 is 0 Å². The number of amides is 3. The first-order valence-corrected chi connectivity index (χ1v) is 17.1. The number of anilines is 1. The van der Waals surface area contributed by atoms with Crippen LogP contribution >= 0.6 is 0 Å². The number of carbonyl (C=O) groups is 3. The van der Waals surface area contributed by atoms with Crippen molar-refractivity contribution in [3.63, 3.8) is 0 Å². The van der Waals surface area contributed by atoms with Crippen LogP contribution in [0.25, 0.3) is 0 Å². The fourth-order valence-electron chi connectivity index (χ4n) is 5.33. The van der Waals surface area contributed by atoms with Crippen LogP contribution < -0.4 is 4.90 Å². The Morgan fingerprint density at radius 2 is 1.47 bits per heavy atom. The van der Waals surface area contributed by atoms with E-state index in [1.807, 2.05) is 18.2 Å². The van der Waals surface area contributed by atoms with Gasteiger partial charge in [-0.15, -0.1) is 4.90 Å². The van der Waals surface area contributed by atoms with Crippen LogP contribution in [0, 0.1) is 0 Å². The number of fused-ring (bicyclic) bond motifs is 1. The molecule has 2 aromatic rings. The van der Waals surface area contributed by atoms with Crippen molar-refractivity contribution in [2.45, 2.75) is 76.6 Å². The highest BCUT2D eigenvalue weighted by Crippen LogP contribution is 2.31. The molecule has 1 unspecified atom stereocenters. The van der Waals surface area contributed by atoms with E-state index < -0.39 is 39.1 Å². The van der Waals surface area contributed by atoms with Gasteiger partial charge in [0.2, 0.25) is 0 Å². The Morgan fingerprint density at radius 1 is 0.889 bits per heavy atom. The number of hydrogen-bond donors (Lipinski definition) is 0. The van der Waals surface area contributed by atoms with Crippen molar-refractivity contribution in [2.24, 2.45) is 0 Å². The van der Waals surface area contributed by atoms with E-state index in [0.717, 1.165) is 56.0 Å². The fourth-order valence-corrected chi connectivity index (χ4v) is 5.96. The number of hydrogen-bond acceptors (Lipinski definition) is 10. The second kappa shape index (κ2) is 13.5. The monoisotopic (exact) mass is 643 g/mol. The SMILES string of the molecule is CC(C)(C)OC(=O)N(C(=O)OC(C)(C)C)C(=O)c1ccc2c(c1)CCOC2CCN1CCN(c2ccc(S(C)(=O)=O)cc2)CC1. The molecule has 0 aromatic heterocycles. The van der Waals surface area contributed by atoms with Crippen LogP contribution in [0.15, 0.2) is 47.4 Å². The van der Waals surface area contributed by atoms with Gasteiger partial charge in [-0.3, -0.25) is 9.69 Å². The molecule has 2 heterocycles. The molecule has 1 fully saturated rings. The Hall–Kier alpha value is -3.48. The third-order valence-electron chi connectivity index (χ3n) is 7.49. The van der Waals surface area contributed by atoms with Crippen molar-refractivity contribution in [3.8, 4) is 0 Å². The topological polar surface area (TPSA) is 123 Å². The Balaban J connectivity index is 1.40. The second-order valence-electron chi connectivity index (χ2n) is 13.5. The van der Waals surface area contributed by atoms with E-state index in [0.29, 0.717) is 22.8 Å². The standard InChI is InChI=1S/C33H45N3O8S/c1-32(2,3)43-30(38)36(31(39)44-33(4,5)6)29(37)24-8-13-27-23(22-24)15-21-42-28(27)14-16-34-17-19-35(20-18-34)25-9-11-26(12-10-25)45(7,40)41/h8-13,22,28H,14-21H2,1-7H3. The lowest BCUT2D eigenvalue weighted by atomic mass is 9.93. The molecule has 0 bridgehead atoms. The zero-order valence-electron chi connectivity index (χ0n) is 27.3. The Bertz CT molecular complexity index is 1470. The van der Waals surface area contributed by atoms with Crippen LogP contribution in [0.4, 0.5) is 15.3 Å². The summed E-state index contributed by atoms with van der Waals surface area (Å²) in [5, 5.41) is 0. The predicted molar refractivity (Wildman–Crippen MR) is 170 cm³/mol. The number of nitrogens with zero attached hydrogens (tertiary/aromatic N) is 3. The Labute approximate surface area is 266 Å². The maximum absolute atomic E-state index is 13.5. The molecule has 0 aliphatic carbocycles. The number of piperazine rings is 1. The third kappa shape index (κ3) is 9.27. The molecule has 2 aliphatic heterocycles. The highest BCUT2D eigenvalue weighted by atomic mass is 32.2. The molecule has 246 valence electrons. The minimum atomic E-state index is -3.22. The van der Waals surface area contributed by atoms with Crippen LogP contribution in [0.1, 0.15) is 75.6 Å². The van der Waals surface area contributed by atoms with Gasteiger partial charge in [0.1, 0.15) is 11.2 Å². The third-order valence-corrected chi connectivity index (χ3v) is 8.62. The molecule has 0 N–H and O–H groups in total. The molecule has 1 saturated heterocycles. The molecular weight excluding hydrogens is 598 g/mol. The minimum absolute atomic E-state index is 0.146. The summed E-state index contributed by atoms with van der Waals surface area (Å²) in [5.74, 6) is -0.812. The Morgan fingerprint density at radius 3 is 2.00 bits per heavy atom. The fraction of sp³-hybridized carbons (Fsp3) is 0.545. The molecule has 0 radical (unpaired) electrons. The van der Waals surface area contributed by atoms with Crippen molar-refractivity contribution in [1.29, 1.82) is 0 Å². The number of carbonyl (C=O) groups excluding carboxylic acids is 3. The molecule has 0 spiro atoms. The molecule has 2 aromatic carbocycles. The number of benzene rings is 2. The summed E-state index contributed by atoms with van der Waals surface area (Å²) in [6, 6.07) is 12.2. The number of ether oxygens (including phenoxy) is 3. The summed E-state index contributed by atoms with van der Waals surface area (Å²) < 4.78 is 40.4. The van der Waals surface area contributed by atoms with E-state index in [1.165, 1.54) is 6.26 Å². The van der Waals surface area contributed by atoms with Crippen LogP contribution in [0.5, 0.6) is 0 Å².